The van der Waals surface area contributed by atoms with E-state index in [0.29, 0.717) is 24.5 Å². The van der Waals surface area contributed by atoms with E-state index in [1.54, 1.807) is 37.3 Å². The Hall–Kier alpha value is -1.75. The molecule has 1 aliphatic heterocycles. The minimum absolute atomic E-state index is 0.0553. The first-order chi connectivity index (χ1) is 8.15. The molecule has 2 N–H and O–H groups in total. The van der Waals surface area contributed by atoms with Gasteiger partial charge in [-0.15, -0.1) is 0 Å². The summed E-state index contributed by atoms with van der Waals surface area (Å²) in [6.07, 6.45) is 0.679. The van der Waals surface area contributed by atoms with Gasteiger partial charge in [-0.25, -0.2) is 0 Å². The van der Waals surface area contributed by atoms with Gasteiger partial charge in [-0.2, -0.15) is 0 Å². The molecule has 17 heavy (non-hydrogen) atoms. The lowest BCUT2D eigenvalue weighted by atomic mass is 10.2. The quantitative estimate of drug-likeness (QED) is 0.841. The molecule has 1 saturated heterocycles. The van der Waals surface area contributed by atoms with Crippen molar-refractivity contribution in [2.45, 2.75) is 12.5 Å². The molecule has 2 rings (SSSR count). The van der Waals surface area contributed by atoms with E-state index in [4.69, 9.17) is 15.2 Å². The van der Waals surface area contributed by atoms with Crippen molar-refractivity contribution in [2.24, 2.45) is 5.73 Å². The van der Waals surface area contributed by atoms with Crippen LogP contribution in [0.2, 0.25) is 0 Å². The fourth-order valence-electron chi connectivity index (χ4n) is 1.91. The molecule has 1 heterocycles. The molecule has 1 aliphatic rings. The van der Waals surface area contributed by atoms with Crippen molar-refractivity contribution in [3.05, 3.63) is 18.2 Å². The van der Waals surface area contributed by atoms with Gasteiger partial charge < -0.3 is 20.1 Å². The van der Waals surface area contributed by atoms with Crippen molar-refractivity contribution in [1.29, 1.82) is 0 Å². The van der Waals surface area contributed by atoms with E-state index in [0.717, 1.165) is 5.69 Å². The standard InChI is InChI=1S/C12H16N2O3/c1-16-9-5-8(6-10(7-9)17-2)14-4-3-11(13)12(14)15/h5-7,11H,3-4,13H2,1-2H3. The fraction of sp³-hybridized carbons (Fsp3) is 0.417. The number of benzene rings is 1. The fourth-order valence-corrected chi connectivity index (χ4v) is 1.91. The molecule has 0 spiro atoms. The summed E-state index contributed by atoms with van der Waals surface area (Å²) in [5.41, 5.74) is 6.46. The van der Waals surface area contributed by atoms with Gasteiger partial charge in [0.25, 0.3) is 0 Å². The number of amides is 1. The average Bonchev–Trinajstić information content (AvgIpc) is 2.69. The highest BCUT2D eigenvalue weighted by Crippen LogP contribution is 2.30. The van der Waals surface area contributed by atoms with Crippen LogP contribution in [0.15, 0.2) is 18.2 Å². The van der Waals surface area contributed by atoms with Gasteiger partial charge in [0.15, 0.2) is 0 Å². The van der Waals surface area contributed by atoms with E-state index in [-0.39, 0.29) is 5.91 Å². The van der Waals surface area contributed by atoms with Gasteiger partial charge >= 0.3 is 0 Å². The molecule has 0 radical (unpaired) electrons. The lowest BCUT2D eigenvalue weighted by Gasteiger charge is -2.18. The van der Waals surface area contributed by atoms with Gasteiger partial charge in [0, 0.05) is 24.7 Å². The molecule has 0 aromatic heterocycles. The normalized spacial score (nSPS) is 19.6. The minimum atomic E-state index is -0.396. The minimum Gasteiger partial charge on any atom is -0.497 e. The molecule has 1 fully saturated rings. The van der Waals surface area contributed by atoms with Crippen molar-refractivity contribution < 1.29 is 14.3 Å². The Labute approximate surface area is 100 Å². The van der Waals surface area contributed by atoms with Crippen molar-refractivity contribution in [3.63, 3.8) is 0 Å². The Kier molecular flexibility index (Phi) is 3.19. The Morgan fingerprint density at radius 2 is 1.82 bits per heavy atom. The summed E-state index contributed by atoms with van der Waals surface area (Å²) >= 11 is 0. The highest BCUT2D eigenvalue weighted by atomic mass is 16.5. The van der Waals surface area contributed by atoms with Gasteiger partial charge in [0.2, 0.25) is 5.91 Å². The maximum Gasteiger partial charge on any atom is 0.243 e. The summed E-state index contributed by atoms with van der Waals surface area (Å²) in [6, 6.07) is 4.98. The first-order valence-corrected chi connectivity index (χ1v) is 5.45. The van der Waals surface area contributed by atoms with Crippen LogP contribution in [0.5, 0.6) is 11.5 Å². The van der Waals surface area contributed by atoms with Crippen molar-refractivity contribution in [3.8, 4) is 11.5 Å². The molecule has 1 amide bonds. The monoisotopic (exact) mass is 236 g/mol. The van der Waals surface area contributed by atoms with Crippen LogP contribution in [0.1, 0.15) is 6.42 Å². The van der Waals surface area contributed by atoms with Crippen LogP contribution in [0.3, 0.4) is 0 Å². The number of rotatable bonds is 3. The highest BCUT2D eigenvalue weighted by molar-refractivity contribution is 5.99. The molecule has 1 atom stereocenters. The molecule has 1 aromatic rings. The smallest absolute Gasteiger partial charge is 0.243 e. The third-order valence-corrected chi connectivity index (χ3v) is 2.89. The zero-order chi connectivity index (χ0) is 12.4. The van der Waals surface area contributed by atoms with Crippen LogP contribution < -0.4 is 20.1 Å². The number of nitrogens with zero attached hydrogens (tertiary/aromatic N) is 1. The van der Waals surface area contributed by atoms with E-state index >= 15 is 0 Å². The first-order valence-electron chi connectivity index (χ1n) is 5.45. The summed E-state index contributed by atoms with van der Waals surface area (Å²) in [5, 5.41) is 0. The lowest BCUT2D eigenvalue weighted by Crippen LogP contribution is -2.33. The Morgan fingerprint density at radius 1 is 1.24 bits per heavy atom. The van der Waals surface area contributed by atoms with Crippen molar-refractivity contribution in [2.75, 3.05) is 25.7 Å². The van der Waals surface area contributed by atoms with Crippen LogP contribution in [0.25, 0.3) is 0 Å². The molecule has 5 nitrogen and oxygen atoms in total. The number of anilines is 1. The van der Waals surface area contributed by atoms with Gasteiger partial charge in [0.1, 0.15) is 11.5 Å². The summed E-state index contributed by atoms with van der Waals surface area (Å²) in [5.74, 6) is 1.26. The zero-order valence-corrected chi connectivity index (χ0v) is 9.97. The number of nitrogens with two attached hydrogens (primary N) is 1. The maximum absolute atomic E-state index is 11.8. The Bertz CT molecular complexity index is 412. The molecule has 0 aliphatic carbocycles. The molecule has 92 valence electrons. The predicted octanol–water partition coefficient (Wildman–Crippen LogP) is 0.768. The van der Waals surface area contributed by atoms with Crippen LogP contribution in [0.4, 0.5) is 5.69 Å². The number of hydrogen-bond donors (Lipinski definition) is 1. The predicted molar refractivity (Wildman–Crippen MR) is 64.5 cm³/mol. The number of carbonyl (C=O) groups excluding carboxylic acids is 1. The number of methoxy groups -OCH3 is 2. The number of hydrogen-bond acceptors (Lipinski definition) is 4. The summed E-state index contributed by atoms with van der Waals surface area (Å²) in [6.45, 7) is 0.635. The van der Waals surface area contributed by atoms with Gasteiger partial charge in [-0.05, 0) is 6.42 Å². The largest absolute Gasteiger partial charge is 0.497 e. The third kappa shape index (κ3) is 2.19. The van der Waals surface area contributed by atoms with E-state index in [1.165, 1.54) is 0 Å². The van der Waals surface area contributed by atoms with E-state index in [2.05, 4.69) is 0 Å². The summed E-state index contributed by atoms with van der Waals surface area (Å²) in [7, 11) is 3.16. The van der Waals surface area contributed by atoms with Gasteiger partial charge in [-0.1, -0.05) is 0 Å². The lowest BCUT2D eigenvalue weighted by molar-refractivity contribution is -0.118. The second-order valence-electron chi connectivity index (χ2n) is 3.96. The molecule has 0 bridgehead atoms. The van der Waals surface area contributed by atoms with Crippen LogP contribution in [-0.2, 0) is 4.79 Å². The Morgan fingerprint density at radius 3 is 2.24 bits per heavy atom. The second-order valence-corrected chi connectivity index (χ2v) is 3.96. The second kappa shape index (κ2) is 4.63. The van der Waals surface area contributed by atoms with E-state index < -0.39 is 6.04 Å². The molecule has 5 heteroatoms. The topological polar surface area (TPSA) is 64.8 Å². The SMILES string of the molecule is COc1cc(OC)cc(N2CCC(N)C2=O)c1. The van der Waals surface area contributed by atoms with Crippen molar-refractivity contribution >= 4 is 11.6 Å². The molecule has 1 unspecified atom stereocenters. The van der Waals surface area contributed by atoms with Crippen LogP contribution >= 0.6 is 0 Å². The highest BCUT2D eigenvalue weighted by Gasteiger charge is 2.30. The summed E-state index contributed by atoms with van der Waals surface area (Å²) in [4.78, 5) is 13.5. The number of ether oxygens (including phenoxy) is 2. The van der Waals surface area contributed by atoms with E-state index in [9.17, 15) is 4.79 Å². The number of carbonyl (C=O) groups is 1. The van der Waals surface area contributed by atoms with Gasteiger partial charge in [-0.3, -0.25) is 4.79 Å². The molecular formula is C12H16N2O3. The molecule has 1 aromatic carbocycles. The zero-order valence-electron chi connectivity index (χ0n) is 9.97. The van der Waals surface area contributed by atoms with Crippen LogP contribution in [0, 0.1) is 0 Å². The Balaban J connectivity index is 2.34. The molecule has 0 saturated carbocycles. The van der Waals surface area contributed by atoms with E-state index in [1.807, 2.05) is 0 Å². The average molecular weight is 236 g/mol. The van der Waals surface area contributed by atoms with Crippen molar-refractivity contribution in [1.82, 2.24) is 0 Å². The first kappa shape index (κ1) is 11.7. The van der Waals surface area contributed by atoms with Gasteiger partial charge in [0.05, 0.1) is 25.9 Å². The summed E-state index contributed by atoms with van der Waals surface area (Å²) < 4.78 is 10.3. The van der Waals surface area contributed by atoms with Crippen LogP contribution in [-0.4, -0.2) is 32.7 Å². The third-order valence-electron chi connectivity index (χ3n) is 2.89. The maximum atomic E-state index is 11.8. The molecular weight excluding hydrogens is 220 g/mol.